The molecule has 0 heterocycles. The van der Waals surface area contributed by atoms with Crippen molar-refractivity contribution in [1.29, 1.82) is 0 Å². The van der Waals surface area contributed by atoms with Crippen LogP contribution in [0.1, 0.15) is 219 Å². The van der Waals surface area contributed by atoms with Crippen LogP contribution in [0.5, 0.6) is 11.5 Å². The number of allylic oxidation sites excluding steroid dienone is 1. The zero-order valence-electron chi connectivity index (χ0n) is 41.8. The molecular formula is C56H92N2O6. The first-order valence-electron chi connectivity index (χ1n) is 26.7. The van der Waals surface area contributed by atoms with Gasteiger partial charge >= 0.3 is 6.09 Å². The molecule has 8 heteroatoms. The standard InChI is InChI=1S/C56H92N2O6/c1-8-9-10-11-12-13-14-15-16-17-18-19-20-24-53(60)57-33-35-62-47-37-44(43(5)59)38-48(40-47)63-36-34-58-54(61)64-46-29-31-55(6)45(39-46)25-26-49-51-28-27-50(42(4)23-21-22-41(2)3)56(51,7)32-30-52(49)55/h25,37-38,40-42,46,49-52H,8-24,26-36,39H2,1-7H3,(H,57,60)(H,58,61)/t42-,46+,49+,50-,51+,52+,55+,56-/m1/s1. The molecule has 0 bridgehead atoms. The largest absolute Gasteiger partial charge is 0.492 e. The summed E-state index contributed by atoms with van der Waals surface area (Å²) >= 11 is 0. The Labute approximate surface area is 390 Å². The van der Waals surface area contributed by atoms with Gasteiger partial charge in [0.1, 0.15) is 30.8 Å². The van der Waals surface area contributed by atoms with Gasteiger partial charge in [-0.1, -0.05) is 150 Å². The maximum Gasteiger partial charge on any atom is 0.407 e. The van der Waals surface area contributed by atoms with Crippen molar-refractivity contribution >= 4 is 17.8 Å². The van der Waals surface area contributed by atoms with Crippen molar-refractivity contribution in [1.82, 2.24) is 10.6 Å². The summed E-state index contributed by atoms with van der Waals surface area (Å²) in [6.45, 7) is 17.4. The molecule has 64 heavy (non-hydrogen) atoms. The second kappa shape index (κ2) is 26.3. The first-order valence-corrected chi connectivity index (χ1v) is 26.7. The van der Waals surface area contributed by atoms with E-state index in [-0.39, 0.29) is 43.0 Å². The molecule has 0 unspecified atom stereocenters. The van der Waals surface area contributed by atoms with Gasteiger partial charge in [0.2, 0.25) is 5.91 Å². The number of benzene rings is 1. The molecule has 8 atom stereocenters. The molecule has 1 aromatic rings. The minimum absolute atomic E-state index is 0.0481. The van der Waals surface area contributed by atoms with Crippen molar-refractivity contribution < 1.29 is 28.6 Å². The molecule has 3 fully saturated rings. The first kappa shape index (κ1) is 51.9. The predicted octanol–water partition coefficient (Wildman–Crippen LogP) is 14.4. The minimum Gasteiger partial charge on any atom is -0.492 e. The van der Waals surface area contributed by atoms with Crippen LogP contribution < -0.4 is 20.1 Å². The highest BCUT2D eigenvalue weighted by Crippen LogP contribution is 2.67. The van der Waals surface area contributed by atoms with E-state index in [1.165, 1.54) is 134 Å². The van der Waals surface area contributed by atoms with Gasteiger partial charge in [-0.3, -0.25) is 9.59 Å². The molecule has 0 aliphatic heterocycles. The van der Waals surface area contributed by atoms with E-state index < -0.39 is 6.09 Å². The van der Waals surface area contributed by atoms with E-state index in [0.717, 1.165) is 67.6 Å². The summed E-state index contributed by atoms with van der Waals surface area (Å²) in [5.41, 5.74) is 2.71. The zero-order chi connectivity index (χ0) is 46.0. The third-order valence-corrected chi connectivity index (χ3v) is 16.7. The topological polar surface area (TPSA) is 103 Å². The summed E-state index contributed by atoms with van der Waals surface area (Å²) in [6, 6.07) is 5.14. The van der Waals surface area contributed by atoms with Crippen molar-refractivity contribution in [2.45, 2.75) is 215 Å². The van der Waals surface area contributed by atoms with Gasteiger partial charge in [-0.2, -0.15) is 0 Å². The van der Waals surface area contributed by atoms with E-state index in [4.69, 9.17) is 14.2 Å². The summed E-state index contributed by atoms with van der Waals surface area (Å²) in [6.07, 6.45) is 33.0. The van der Waals surface area contributed by atoms with Crippen LogP contribution in [0.2, 0.25) is 0 Å². The molecule has 0 radical (unpaired) electrons. The summed E-state index contributed by atoms with van der Waals surface area (Å²) in [5.74, 6) is 5.81. The summed E-state index contributed by atoms with van der Waals surface area (Å²) in [4.78, 5) is 37.7. The maximum atomic E-state index is 13.0. The molecule has 0 spiro atoms. The lowest BCUT2D eigenvalue weighted by atomic mass is 9.47. The van der Waals surface area contributed by atoms with Gasteiger partial charge in [-0.25, -0.2) is 4.79 Å². The number of hydrogen-bond donors (Lipinski definition) is 2. The van der Waals surface area contributed by atoms with Crippen LogP contribution in [0.15, 0.2) is 29.8 Å². The average Bonchev–Trinajstić information content (AvgIpc) is 3.63. The lowest BCUT2D eigenvalue weighted by molar-refractivity contribution is -0.121. The highest BCUT2D eigenvalue weighted by atomic mass is 16.6. The monoisotopic (exact) mass is 889 g/mol. The quantitative estimate of drug-likeness (QED) is 0.0472. The van der Waals surface area contributed by atoms with E-state index in [1.54, 1.807) is 18.2 Å². The van der Waals surface area contributed by atoms with E-state index in [0.29, 0.717) is 35.4 Å². The summed E-state index contributed by atoms with van der Waals surface area (Å²) in [5, 5.41) is 5.85. The molecule has 8 nitrogen and oxygen atoms in total. The number of amides is 2. The fraction of sp³-hybridized carbons (Fsp3) is 0.804. The molecule has 1 aromatic carbocycles. The van der Waals surface area contributed by atoms with Crippen LogP contribution in [-0.2, 0) is 9.53 Å². The van der Waals surface area contributed by atoms with E-state index in [2.05, 4.69) is 58.3 Å². The molecule has 4 aliphatic carbocycles. The van der Waals surface area contributed by atoms with Crippen molar-refractivity contribution in [3.63, 3.8) is 0 Å². The Morgan fingerprint density at radius 1 is 0.719 bits per heavy atom. The molecule has 5 rings (SSSR count). The maximum absolute atomic E-state index is 13.0. The number of ketones is 1. The van der Waals surface area contributed by atoms with Gasteiger partial charge < -0.3 is 24.8 Å². The molecule has 3 saturated carbocycles. The van der Waals surface area contributed by atoms with Crippen LogP contribution in [0.25, 0.3) is 0 Å². The Hall–Kier alpha value is -3.03. The predicted molar refractivity (Wildman–Crippen MR) is 262 cm³/mol. The van der Waals surface area contributed by atoms with Gasteiger partial charge in [0.15, 0.2) is 5.78 Å². The van der Waals surface area contributed by atoms with Crippen LogP contribution in [-0.4, -0.2) is 50.2 Å². The summed E-state index contributed by atoms with van der Waals surface area (Å²) in [7, 11) is 0. The Balaban J connectivity index is 0.958. The zero-order valence-corrected chi connectivity index (χ0v) is 41.8. The van der Waals surface area contributed by atoms with E-state index >= 15 is 0 Å². The molecule has 362 valence electrons. The second-order valence-corrected chi connectivity index (χ2v) is 21.8. The van der Waals surface area contributed by atoms with E-state index in [9.17, 15) is 14.4 Å². The number of carbonyl (C=O) groups is 3. The SMILES string of the molecule is CCCCCCCCCCCCCCCC(=O)NCCOc1cc(OCCNC(=O)O[C@H]2CC[C@@]3(C)C(=CC[C@H]4[C@@H]5CC[C@H]([C@H](C)CCCC(C)C)[C@@]5(C)CC[C@@H]43)C2)cc(C(C)=O)c1. The Morgan fingerprint density at radius 3 is 1.97 bits per heavy atom. The van der Waals surface area contributed by atoms with Crippen molar-refractivity contribution in [2.24, 2.45) is 46.3 Å². The Kier molecular flexibility index (Phi) is 21.4. The van der Waals surface area contributed by atoms with Gasteiger partial charge in [0, 0.05) is 24.5 Å². The third-order valence-electron chi connectivity index (χ3n) is 16.7. The molecule has 0 saturated heterocycles. The molecule has 2 amide bonds. The summed E-state index contributed by atoms with van der Waals surface area (Å²) < 4.78 is 17.9. The average molecular weight is 889 g/mol. The smallest absolute Gasteiger partial charge is 0.407 e. The van der Waals surface area contributed by atoms with Crippen LogP contribution in [0, 0.1) is 46.3 Å². The van der Waals surface area contributed by atoms with Crippen LogP contribution in [0.4, 0.5) is 4.79 Å². The highest BCUT2D eigenvalue weighted by molar-refractivity contribution is 5.94. The highest BCUT2D eigenvalue weighted by Gasteiger charge is 2.59. The molecule has 0 aromatic heterocycles. The number of Topliss-reactive ketones (excluding diaryl/α,β-unsaturated/α-hetero) is 1. The van der Waals surface area contributed by atoms with Gasteiger partial charge in [-0.05, 0) is 117 Å². The number of unbranched alkanes of at least 4 members (excludes halogenated alkanes) is 12. The van der Waals surface area contributed by atoms with Crippen molar-refractivity contribution in [3.8, 4) is 11.5 Å². The number of ether oxygens (including phenoxy) is 3. The minimum atomic E-state index is -0.405. The lowest BCUT2D eigenvalue weighted by Gasteiger charge is -2.58. The molecule has 4 aliphatic rings. The fourth-order valence-electron chi connectivity index (χ4n) is 13.0. The number of carbonyl (C=O) groups excluding carboxylic acids is 3. The number of hydrogen-bond acceptors (Lipinski definition) is 6. The number of alkyl carbamates (subject to hydrolysis) is 1. The number of nitrogens with one attached hydrogen (secondary N) is 2. The fourth-order valence-corrected chi connectivity index (χ4v) is 13.0. The van der Waals surface area contributed by atoms with Crippen LogP contribution >= 0.6 is 0 Å². The van der Waals surface area contributed by atoms with Gasteiger partial charge in [0.05, 0.1) is 13.1 Å². The first-order chi connectivity index (χ1) is 30.8. The van der Waals surface area contributed by atoms with E-state index in [1.807, 2.05) is 0 Å². The molecule has 2 N–H and O–H groups in total. The Bertz CT molecular complexity index is 1620. The van der Waals surface area contributed by atoms with Crippen molar-refractivity contribution in [2.75, 3.05) is 26.3 Å². The Morgan fingerprint density at radius 2 is 1.34 bits per heavy atom. The lowest BCUT2D eigenvalue weighted by Crippen LogP contribution is -2.51. The number of fused-ring (bicyclic) bond motifs is 5. The van der Waals surface area contributed by atoms with Gasteiger partial charge in [0.25, 0.3) is 0 Å². The third kappa shape index (κ3) is 15.3. The second-order valence-electron chi connectivity index (χ2n) is 21.8. The number of rotatable bonds is 29. The van der Waals surface area contributed by atoms with Gasteiger partial charge in [-0.15, -0.1) is 0 Å². The van der Waals surface area contributed by atoms with Crippen LogP contribution in [0.3, 0.4) is 0 Å². The molecular weight excluding hydrogens is 797 g/mol. The van der Waals surface area contributed by atoms with Crippen molar-refractivity contribution in [3.05, 3.63) is 35.4 Å². The normalized spacial score (nSPS) is 26.6.